The van der Waals surface area contributed by atoms with Crippen molar-refractivity contribution >= 4 is 0 Å². The average molecular weight is 317 g/mol. The van der Waals surface area contributed by atoms with Crippen LogP contribution in [0.15, 0.2) is 0 Å². The van der Waals surface area contributed by atoms with Crippen molar-refractivity contribution in [1.82, 2.24) is 0 Å². The highest BCUT2D eigenvalue weighted by molar-refractivity contribution is 4.73. The van der Waals surface area contributed by atoms with E-state index in [4.69, 9.17) is 14.2 Å². The van der Waals surface area contributed by atoms with Crippen molar-refractivity contribution in [3.63, 3.8) is 0 Å². The van der Waals surface area contributed by atoms with Crippen molar-refractivity contribution in [2.24, 2.45) is 0 Å². The van der Waals surface area contributed by atoms with Gasteiger partial charge in [0.05, 0.1) is 16.8 Å². The third-order valence-corrected chi connectivity index (χ3v) is 3.66. The fourth-order valence-corrected chi connectivity index (χ4v) is 2.42. The highest BCUT2D eigenvalue weighted by Crippen LogP contribution is 2.23. The van der Waals surface area contributed by atoms with Gasteiger partial charge in [-0.25, -0.2) is 0 Å². The molecule has 0 radical (unpaired) electrons. The molecule has 2 saturated heterocycles. The first-order valence-corrected chi connectivity index (χ1v) is 8.89. The van der Waals surface area contributed by atoms with Crippen LogP contribution < -0.4 is 0 Å². The van der Waals surface area contributed by atoms with E-state index in [0.29, 0.717) is 0 Å². The van der Waals surface area contributed by atoms with Gasteiger partial charge in [-0.3, -0.25) is 0 Å². The van der Waals surface area contributed by atoms with Crippen molar-refractivity contribution in [3.8, 4) is 0 Å². The largest absolute Gasteiger partial charge is 0.376 e. The van der Waals surface area contributed by atoms with Crippen LogP contribution in [0.25, 0.3) is 0 Å². The van der Waals surface area contributed by atoms with Crippen LogP contribution in [-0.4, -0.2) is 36.6 Å². The second kappa shape index (κ2) is 9.89. The molecule has 0 bridgehead atoms. The van der Waals surface area contributed by atoms with Crippen molar-refractivity contribution in [2.75, 3.05) is 19.8 Å². The van der Waals surface area contributed by atoms with Gasteiger partial charge in [0.15, 0.2) is 0 Å². The zero-order valence-electron chi connectivity index (χ0n) is 16.4. The molecular weight excluding hydrogens is 276 g/mol. The van der Waals surface area contributed by atoms with Gasteiger partial charge in [0.1, 0.15) is 0 Å². The molecule has 0 aliphatic carbocycles. The molecule has 0 aromatic carbocycles. The van der Waals surface area contributed by atoms with E-state index in [1.807, 2.05) is 6.92 Å². The van der Waals surface area contributed by atoms with Crippen molar-refractivity contribution in [3.05, 3.63) is 0 Å². The lowest BCUT2D eigenvalue weighted by Gasteiger charge is -2.29. The third-order valence-electron chi connectivity index (χ3n) is 3.66. The SMILES string of the molecule is CC1(C)CCCCO1.CC1(C)CCCO1.CCOC(C)(C)C. The fourth-order valence-electron chi connectivity index (χ4n) is 2.42. The number of hydrogen-bond acceptors (Lipinski definition) is 3. The van der Waals surface area contributed by atoms with E-state index in [1.54, 1.807) is 0 Å². The number of hydrogen-bond donors (Lipinski definition) is 0. The average Bonchev–Trinajstić information content (AvgIpc) is 2.73. The Labute approximate surface area is 139 Å². The molecule has 0 aromatic rings. The molecule has 0 N–H and O–H groups in total. The van der Waals surface area contributed by atoms with Gasteiger partial charge in [-0.15, -0.1) is 0 Å². The van der Waals surface area contributed by atoms with E-state index in [9.17, 15) is 0 Å². The molecule has 134 valence electrons. The van der Waals surface area contributed by atoms with Gasteiger partial charge in [-0.2, -0.15) is 0 Å². The minimum atomic E-state index is 0.0503. The van der Waals surface area contributed by atoms with E-state index in [2.05, 4.69) is 48.5 Å². The van der Waals surface area contributed by atoms with Gasteiger partial charge in [0, 0.05) is 19.8 Å². The summed E-state index contributed by atoms with van der Waals surface area (Å²) in [5.41, 5.74) is 0.424. The highest BCUT2D eigenvalue weighted by atomic mass is 16.5. The fraction of sp³-hybridized carbons (Fsp3) is 1.00. The van der Waals surface area contributed by atoms with Crippen molar-refractivity contribution in [1.29, 1.82) is 0 Å². The lowest BCUT2D eigenvalue weighted by Crippen LogP contribution is -2.28. The molecule has 2 aliphatic heterocycles. The smallest absolute Gasteiger partial charge is 0.0627 e. The summed E-state index contributed by atoms with van der Waals surface area (Å²) in [6, 6.07) is 0. The predicted molar refractivity (Wildman–Crippen MR) is 94.5 cm³/mol. The monoisotopic (exact) mass is 316 g/mol. The molecule has 3 nitrogen and oxygen atoms in total. The van der Waals surface area contributed by atoms with E-state index >= 15 is 0 Å². The van der Waals surface area contributed by atoms with E-state index < -0.39 is 0 Å². The molecule has 0 amide bonds. The highest BCUT2D eigenvalue weighted by Gasteiger charge is 2.22. The Bertz CT molecular complexity index is 261. The lowest BCUT2D eigenvalue weighted by molar-refractivity contribution is -0.0511. The van der Waals surface area contributed by atoms with E-state index in [0.717, 1.165) is 19.8 Å². The first-order valence-electron chi connectivity index (χ1n) is 8.89. The molecule has 0 atom stereocenters. The summed E-state index contributed by atoms with van der Waals surface area (Å²) in [6.07, 6.45) is 6.30. The minimum Gasteiger partial charge on any atom is -0.376 e. The van der Waals surface area contributed by atoms with Crippen LogP contribution in [0.1, 0.15) is 87.5 Å². The zero-order chi connectivity index (χ0) is 17.3. The lowest BCUT2D eigenvalue weighted by atomic mass is 9.99. The molecule has 2 fully saturated rings. The number of rotatable bonds is 1. The number of ether oxygens (including phenoxy) is 3. The molecule has 2 aliphatic rings. The van der Waals surface area contributed by atoms with Crippen LogP contribution in [0.5, 0.6) is 0 Å². The molecule has 2 rings (SSSR count). The molecule has 2 heterocycles. The van der Waals surface area contributed by atoms with Crippen molar-refractivity contribution in [2.45, 2.75) is 104 Å². The Morgan fingerprint density at radius 3 is 1.41 bits per heavy atom. The molecule has 22 heavy (non-hydrogen) atoms. The Hall–Kier alpha value is -0.120. The maximum atomic E-state index is 5.47. The summed E-state index contributed by atoms with van der Waals surface area (Å²) in [5.74, 6) is 0. The molecule has 3 heteroatoms. The van der Waals surface area contributed by atoms with Crippen LogP contribution in [0.2, 0.25) is 0 Å². The molecule has 0 unspecified atom stereocenters. The van der Waals surface area contributed by atoms with Gasteiger partial charge >= 0.3 is 0 Å². The summed E-state index contributed by atoms with van der Waals surface area (Å²) in [6.45, 7) is 19.5. The Morgan fingerprint density at radius 1 is 0.818 bits per heavy atom. The van der Waals surface area contributed by atoms with Crippen molar-refractivity contribution < 1.29 is 14.2 Å². The van der Waals surface area contributed by atoms with Crippen LogP contribution >= 0.6 is 0 Å². The van der Waals surface area contributed by atoms with Crippen LogP contribution in [-0.2, 0) is 14.2 Å². The Kier molecular flexibility index (Phi) is 9.84. The second-order valence-corrected chi connectivity index (χ2v) is 8.32. The van der Waals surface area contributed by atoms with Gasteiger partial charge in [-0.1, -0.05) is 0 Å². The maximum Gasteiger partial charge on any atom is 0.0627 e. The summed E-state index contributed by atoms with van der Waals surface area (Å²) in [5, 5.41) is 0. The zero-order valence-corrected chi connectivity index (χ0v) is 16.4. The molecule has 0 saturated carbocycles. The van der Waals surface area contributed by atoms with Gasteiger partial charge in [0.25, 0.3) is 0 Å². The maximum absolute atomic E-state index is 5.47. The quantitative estimate of drug-likeness (QED) is 0.651. The van der Waals surface area contributed by atoms with Gasteiger partial charge < -0.3 is 14.2 Å². The summed E-state index contributed by atoms with van der Waals surface area (Å²) >= 11 is 0. The minimum absolute atomic E-state index is 0.0503. The standard InChI is InChI=1S/C7H14O.C6H12O.C6H14O/c1-7(2)5-3-4-6-8-7;1-6(2)4-3-5-7-6;1-5-7-6(2,3)4/h3-6H2,1-2H3;3-5H2,1-2H3;5H2,1-4H3. The summed E-state index contributed by atoms with van der Waals surface area (Å²) in [7, 11) is 0. The van der Waals surface area contributed by atoms with Gasteiger partial charge in [-0.05, 0) is 87.5 Å². The topological polar surface area (TPSA) is 27.7 Å². The Morgan fingerprint density at radius 2 is 1.27 bits per heavy atom. The van der Waals surface area contributed by atoms with Crippen LogP contribution in [0, 0.1) is 0 Å². The second-order valence-electron chi connectivity index (χ2n) is 8.32. The molecule has 0 spiro atoms. The molecule has 0 aromatic heterocycles. The predicted octanol–water partition coefficient (Wildman–Crippen LogP) is 5.36. The van der Waals surface area contributed by atoms with E-state index in [1.165, 1.54) is 32.1 Å². The van der Waals surface area contributed by atoms with Crippen LogP contribution in [0.4, 0.5) is 0 Å². The molecular formula is C19H40O3. The first kappa shape index (κ1) is 21.9. The first-order chi connectivity index (χ1) is 9.97. The Balaban J connectivity index is 0.000000302. The third kappa shape index (κ3) is 13.5. The normalized spacial score (nSPS) is 22.9. The summed E-state index contributed by atoms with van der Waals surface area (Å²) in [4.78, 5) is 0. The van der Waals surface area contributed by atoms with Crippen LogP contribution in [0.3, 0.4) is 0 Å². The van der Waals surface area contributed by atoms with Gasteiger partial charge in [0.2, 0.25) is 0 Å². The summed E-state index contributed by atoms with van der Waals surface area (Å²) < 4.78 is 16.0. The van der Waals surface area contributed by atoms with E-state index in [-0.39, 0.29) is 16.8 Å².